The number of aromatic nitrogens is 3. The van der Waals surface area contributed by atoms with Gasteiger partial charge in [0.1, 0.15) is 0 Å². The van der Waals surface area contributed by atoms with Crippen LogP contribution < -0.4 is 0 Å². The van der Waals surface area contributed by atoms with E-state index in [9.17, 15) is 0 Å². The summed E-state index contributed by atoms with van der Waals surface area (Å²) >= 11 is 11.7. The zero-order valence-electron chi connectivity index (χ0n) is 36.7. The summed E-state index contributed by atoms with van der Waals surface area (Å²) in [6.07, 6.45) is 8.96. The summed E-state index contributed by atoms with van der Waals surface area (Å²) in [6.45, 7) is 0. The van der Waals surface area contributed by atoms with Gasteiger partial charge in [-0.2, -0.15) is 0 Å². The Balaban J connectivity index is 0.00000578. The average Bonchev–Trinajstić information content (AvgIpc) is 3.38. The molecule has 0 atom stereocenters. The normalized spacial score (nSPS) is 11.0. The molecule has 68 heavy (non-hydrogen) atoms. The molecule has 0 fully saturated rings. The van der Waals surface area contributed by atoms with Crippen molar-refractivity contribution in [1.29, 1.82) is 0 Å². The SMILES string of the molecule is Brc1cc(-c2ccccn2)[c-]cc1CCc1cc(CCc2c[c-]c(-c3ccccn3)cc2Br)cc(-c2ccccc2-c2c[c-]c(-c3cc(-c4ccc(-c5ccccc5)cc4)ccn3)cc2Br)c1.[Ir+3]. The predicted molar refractivity (Wildman–Crippen MR) is 285 cm³/mol. The zero-order chi connectivity index (χ0) is 45.5. The van der Waals surface area contributed by atoms with Crippen molar-refractivity contribution in [3.63, 3.8) is 0 Å². The molecule has 0 unspecified atom stereocenters. The number of hydrogen-bond donors (Lipinski definition) is 0. The van der Waals surface area contributed by atoms with Crippen molar-refractivity contribution in [2.24, 2.45) is 0 Å². The third-order valence-corrected chi connectivity index (χ3v) is 14.2. The van der Waals surface area contributed by atoms with Gasteiger partial charge in [-0.25, -0.2) is 0 Å². The molecule has 0 amide bonds. The molecule has 0 saturated carbocycles. The molecule has 3 heterocycles. The van der Waals surface area contributed by atoms with Crippen LogP contribution in [0.25, 0.3) is 78.3 Å². The molecule has 7 heteroatoms. The van der Waals surface area contributed by atoms with Crippen molar-refractivity contribution in [2.75, 3.05) is 0 Å². The Bertz CT molecular complexity index is 3220. The number of aryl methyl sites for hydroxylation is 4. The molecule has 0 spiro atoms. The second-order valence-electron chi connectivity index (χ2n) is 16.4. The van der Waals surface area contributed by atoms with E-state index in [1.54, 1.807) is 0 Å². The summed E-state index contributed by atoms with van der Waals surface area (Å²) in [5.41, 5.74) is 19.7. The summed E-state index contributed by atoms with van der Waals surface area (Å²) in [6, 6.07) is 74.4. The molecule has 330 valence electrons. The second kappa shape index (κ2) is 22.0. The molecular formula is C61H41Br3IrN3. The molecule has 0 radical (unpaired) electrons. The van der Waals surface area contributed by atoms with Gasteiger partial charge in [0.05, 0.1) is 0 Å². The molecule has 0 bridgehead atoms. The van der Waals surface area contributed by atoms with Gasteiger partial charge in [-0.3, -0.25) is 0 Å². The smallest absolute Gasteiger partial charge is 0.305 e. The van der Waals surface area contributed by atoms with E-state index in [0.29, 0.717) is 0 Å². The average molecular weight is 1250 g/mol. The number of rotatable bonds is 13. The standard InChI is InChI=1S/C61H41Br3N3.Ir/c62-56-37-49(59-14-6-8-31-65-59)26-24-46(56)18-16-41-34-42(17-19-47-25-27-50(38-57(47)63)60-15-7-9-32-66-60)36-52(35-41)53-12-4-5-13-54(53)55-29-28-51(39-58(55)64)61-40-48(30-33-67-61)45-22-20-44(21-23-45)43-10-2-1-3-11-43;/h1-15,20-25,29-40H,16-19H2;/q-3;+3. The van der Waals surface area contributed by atoms with E-state index >= 15 is 0 Å². The van der Waals surface area contributed by atoms with Gasteiger partial charge >= 0.3 is 20.1 Å². The summed E-state index contributed by atoms with van der Waals surface area (Å²) < 4.78 is 3.11. The van der Waals surface area contributed by atoms with Gasteiger partial charge in [0.15, 0.2) is 0 Å². The van der Waals surface area contributed by atoms with Crippen molar-refractivity contribution >= 4 is 47.8 Å². The molecule has 0 aliphatic rings. The Morgan fingerprint density at radius 2 is 0.824 bits per heavy atom. The van der Waals surface area contributed by atoms with Crippen LogP contribution in [0.4, 0.5) is 0 Å². The third-order valence-electron chi connectivity index (χ3n) is 12.0. The molecule has 3 nitrogen and oxygen atoms in total. The van der Waals surface area contributed by atoms with Crippen LogP contribution in [-0.2, 0) is 45.8 Å². The Labute approximate surface area is 437 Å². The van der Waals surface area contributed by atoms with Gasteiger partial charge in [0, 0.05) is 18.6 Å². The van der Waals surface area contributed by atoms with E-state index in [1.807, 2.05) is 61.1 Å². The van der Waals surface area contributed by atoms with Crippen LogP contribution >= 0.6 is 47.8 Å². The molecule has 0 saturated heterocycles. The maximum absolute atomic E-state index is 4.79. The second-order valence-corrected chi connectivity index (χ2v) is 19.0. The number of nitrogens with zero attached hydrogens (tertiary/aromatic N) is 3. The Kier molecular flexibility index (Phi) is 15.3. The van der Waals surface area contributed by atoms with Crippen molar-refractivity contribution in [1.82, 2.24) is 15.0 Å². The first-order chi connectivity index (χ1) is 32.9. The number of halogens is 3. The maximum Gasteiger partial charge on any atom is 3.00 e. The Hall–Kier alpha value is -5.92. The first kappa shape index (κ1) is 47.2. The van der Waals surface area contributed by atoms with E-state index in [4.69, 9.17) is 4.98 Å². The van der Waals surface area contributed by atoms with E-state index in [0.717, 1.165) is 101 Å². The van der Waals surface area contributed by atoms with Crippen LogP contribution in [0, 0.1) is 18.2 Å². The fourth-order valence-electron chi connectivity index (χ4n) is 8.51. The largest absolute Gasteiger partial charge is 3.00 e. The molecule has 7 aromatic carbocycles. The molecule has 10 aromatic rings. The fourth-order valence-corrected chi connectivity index (χ4v) is 10.2. The van der Waals surface area contributed by atoms with Crippen molar-refractivity contribution in [3.05, 3.63) is 254 Å². The maximum atomic E-state index is 4.79. The van der Waals surface area contributed by atoms with Crippen LogP contribution in [-0.4, -0.2) is 15.0 Å². The molecule has 10 rings (SSSR count). The van der Waals surface area contributed by atoms with Crippen LogP contribution in [0.1, 0.15) is 22.3 Å². The van der Waals surface area contributed by atoms with E-state index < -0.39 is 0 Å². The summed E-state index contributed by atoms with van der Waals surface area (Å²) in [5.74, 6) is 0. The number of pyridine rings is 3. The monoisotopic (exact) mass is 1250 g/mol. The first-order valence-electron chi connectivity index (χ1n) is 22.2. The third kappa shape index (κ3) is 11.0. The van der Waals surface area contributed by atoms with Gasteiger partial charge < -0.3 is 15.0 Å². The van der Waals surface area contributed by atoms with E-state index in [-0.39, 0.29) is 20.1 Å². The van der Waals surface area contributed by atoms with Crippen LogP contribution in [0.3, 0.4) is 0 Å². The van der Waals surface area contributed by atoms with Crippen LogP contribution in [0.2, 0.25) is 0 Å². The van der Waals surface area contributed by atoms with Crippen molar-refractivity contribution in [3.8, 4) is 78.3 Å². The number of benzene rings is 7. The van der Waals surface area contributed by atoms with Gasteiger partial charge in [-0.15, -0.1) is 82.4 Å². The van der Waals surface area contributed by atoms with E-state index in [2.05, 4.69) is 215 Å². The minimum absolute atomic E-state index is 0. The molecular weight excluding hydrogens is 1210 g/mol. The Morgan fingerprint density at radius 1 is 0.338 bits per heavy atom. The zero-order valence-corrected chi connectivity index (χ0v) is 43.8. The van der Waals surface area contributed by atoms with Crippen LogP contribution in [0.5, 0.6) is 0 Å². The van der Waals surface area contributed by atoms with Crippen molar-refractivity contribution in [2.45, 2.75) is 25.7 Å². The summed E-state index contributed by atoms with van der Waals surface area (Å²) in [5, 5.41) is 0. The van der Waals surface area contributed by atoms with Gasteiger partial charge in [0.25, 0.3) is 0 Å². The number of hydrogen-bond acceptors (Lipinski definition) is 3. The molecule has 3 aromatic heterocycles. The molecule has 0 aliphatic heterocycles. The predicted octanol–water partition coefficient (Wildman–Crippen LogP) is 16.8. The topological polar surface area (TPSA) is 38.7 Å². The minimum Gasteiger partial charge on any atom is -0.305 e. The van der Waals surface area contributed by atoms with Gasteiger partial charge in [-0.1, -0.05) is 213 Å². The van der Waals surface area contributed by atoms with Gasteiger partial charge in [0.2, 0.25) is 0 Å². The molecule has 0 aliphatic carbocycles. The fraction of sp³-hybridized carbons (Fsp3) is 0.0656. The van der Waals surface area contributed by atoms with Crippen molar-refractivity contribution < 1.29 is 20.1 Å². The van der Waals surface area contributed by atoms with E-state index in [1.165, 1.54) is 38.9 Å². The Morgan fingerprint density at radius 3 is 1.38 bits per heavy atom. The summed E-state index contributed by atoms with van der Waals surface area (Å²) in [7, 11) is 0. The minimum atomic E-state index is 0. The summed E-state index contributed by atoms with van der Waals surface area (Å²) in [4.78, 5) is 13.9. The molecule has 0 N–H and O–H groups in total. The van der Waals surface area contributed by atoms with Gasteiger partial charge in [-0.05, 0) is 92.6 Å². The van der Waals surface area contributed by atoms with Crippen LogP contribution in [0.15, 0.2) is 214 Å². The first-order valence-corrected chi connectivity index (χ1v) is 24.6. The quantitative estimate of drug-likeness (QED) is 0.108.